The summed E-state index contributed by atoms with van der Waals surface area (Å²) in [6.45, 7) is 7.79. The summed E-state index contributed by atoms with van der Waals surface area (Å²) in [6.07, 6.45) is 7.15. The molecule has 1 aliphatic heterocycles. The molecule has 0 bridgehead atoms. The Morgan fingerprint density at radius 1 is 1.33 bits per heavy atom. The zero-order valence-corrected chi connectivity index (χ0v) is 11.7. The minimum atomic E-state index is 0.580. The molecular formula is C15H25N3. The molecular weight excluding hydrogens is 222 g/mol. The van der Waals surface area contributed by atoms with Crippen LogP contribution in [0.25, 0.3) is 0 Å². The van der Waals surface area contributed by atoms with Gasteiger partial charge >= 0.3 is 0 Å². The highest BCUT2D eigenvalue weighted by Gasteiger charge is 2.22. The third kappa shape index (κ3) is 3.22. The molecule has 0 unspecified atom stereocenters. The molecule has 1 atom stereocenters. The van der Waals surface area contributed by atoms with Crippen molar-refractivity contribution in [1.82, 2.24) is 9.88 Å². The number of piperidine rings is 1. The van der Waals surface area contributed by atoms with Gasteiger partial charge in [0.15, 0.2) is 0 Å². The third-order valence-electron chi connectivity index (χ3n) is 3.75. The second-order valence-electron chi connectivity index (χ2n) is 5.04. The van der Waals surface area contributed by atoms with Gasteiger partial charge in [-0.3, -0.25) is 4.90 Å². The van der Waals surface area contributed by atoms with Crippen LogP contribution in [0.2, 0.25) is 0 Å². The predicted molar refractivity (Wildman–Crippen MR) is 76.9 cm³/mol. The van der Waals surface area contributed by atoms with E-state index in [1.807, 2.05) is 0 Å². The molecule has 1 aromatic heterocycles. The Morgan fingerprint density at radius 3 is 2.89 bits per heavy atom. The predicted octanol–water partition coefficient (Wildman–Crippen LogP) is 3.45. The van der Waals surface area contributed by atoms with Crippen LogP contribution < -0.4 is 5.32 Å². The summed E-state index contributed by atoms with van der Waals surface area (Å²) >= 11 is 0. The van der Waals surface area contributed by atoms with E-state index >= 15 is 0 Å². The van der Waals surface area contributed by atoms with Crippen molar-refractivity contribution in [2.24, 2.45) is 0 Å². The molecule has 1 aromatic rings. The number of nitrogens with one attached hydrogen (secondary N) is 1. The highest BCUT2D eigenvalue weighted by atomic mass is 15.2. The lowest BCUT2D eigenvalue weighted by Gasteiger charge is -2.35. The fourth-order valence-corrected chi connectivity index (χ4v) is 2.71. The van der Waals surface area contributed by atoms with Crippen LogP contribution in [0.4, 0.5) is 5.82 Å². The van der Waals surface area contributed by atoms with E-state index in [0.29, 0.717) is 6.04 Å². The van der Waals surface area contributed by atoms with Gasteiger partial charge in [0.05, 0.1) is 0 Å². The average molecular weight is 247 g/mol. The van der Waals surface area contributed by atoms with E-state index in [1.165, 1.54) is 31.4 Å². The van der Waals surface area contributed by atoms with Gasteiger partial charge in [-0.1, -0.05) is 26.3 Å². The van der Waals surface area contributed by atoms with Gasteiger partial charge in [0.25, 0.3) is 0 Å². The van der Waals surface area contributed by atoms with Crippen LogP contribution in [-0.4, -0.2) is 29.5 Å². The summed E-state index contributed by atoms with van der Waals surface area (Å²) in [7, 11) is 0. The Balaban J connectivity index is 2.03. The normalized spacial score (nSPS) is 20.9. The molecule has 0 radical (unpaired) electrons. The van der Waals surface area contributed by atoms with Crippen molar-refractivity contribution < 1.29 is 0 Å². The van der Waals surface area contributed by atoms with Crippen LogP contribution in [0.1, 0.15) is 51.1 Å². The molecule has 1 aliphatic rings. The highest BCUT2D eigenvalue weighted by Crippen LogP contribution is 2.30. The molecule has 100 valence electrons. The van der Waals surface area contributed by atoms with Crippen LogP contribution >= 0.6 is 0 Å². The fraction of sp³-hybridized carbons (Fsp3) is 0.667. The molecule has 18 heavy (non-hydrogen) atoms. The average Bonchev–Trinajstić information content (AvgIpc) is 2.45. The number of anilines is 1. The van der Waals surface area contributed by atoms with E-state index in [4.69, 9.17) is 0 Å². The van der Waals surface area contributed by atoms with E-state index in [2.05, 4.69) is 47.4 Å². The van der Waals surface area contributed by atoms with Gasteiger partial charge < -0.3 is 5.32 Å². The van der Waals surface area contributed by atoms with Crippen molar-refractivity contribution in [3.8, 4) is 0 Å². The lowest BCUT2D eigenvalue weighted by atomic mass is 9.96. The molecule has 2 rings (SSSR count). The lowest BCUT2D eigenvalue weighted by Crippen LogP contribution is -2.33. The Labute approximate surface area is 111 Å². The van der Waals surface area contributed by atoms with Crippen LogP contribution in [0.15, 0.2) is 18.3 Å². The minimum Gasteiger partial charge on any atom is -0.370 e. The summed E-state index contributed by atoms with van der Waals surface area (Å²) in [4.78, 5) is 7.09. The minimum absolute atomic E-state index is 0.580. The quantitative estimate of drug-likeness (QED) is 0.863. The Bertz CT molecular complexity index is 347. The molecule has 1 saturated heterocycles. The van der Waals surface area contributed by atoms with Crippen LogP contribution in [-0.2, 0) is 0 Å². The first kappa shape index (κ1) is 13.3. The molecule has 0 amide bonds. The number of hydrogen-bond donors (Lipinski definition) is 1. The summed E-state index contributed by atoms with van der Waals surface area (Å²) in [5.74, 6) is 0.999. The monoisotopic (exact) mass is 247 g/mol. The van der Waals surface area contributed by atoms with Crippen molar-refractivity contribution in [1.29, 1.82) is 0 Å². The second kappa shape index (κ2) is 6.74. The van der Waals surface area contributed by atoms with Crippen LogP contribution in [0.5, 0.6) is 0 Å². The van der Waals surface area contributed by atoms with E-state index < -0.39 is 0 Å². The van der Waals surface area contributed by atoms with Crippen molar-refractivity contribution in [3.63, 3.8) is 0 Å². The van der Waals surface area contributed by atoms with Crippen molar-refractivity contribution in [2.75, 3.05) is 25.0 Å². The molecule has 1 N–H and O–H groups in total. The van der Waals surface area contributed by atoms with Gasteiger partial charge in [-0.25, -0.2) is 4.98 Å². The summed E-state index contributed by atoms with van der Waals surface area (Å²) in [6, 6.07) is 4.94. The van der Waals surface area contributed by atoms with E-state index in [1.54, 1.807) is 0 Å². The van der Waals surface area contributed by atoms with Crippen LogP contribution in [0.3, 0.4) is 0 Å². The first-order valence-electron chi connectivity index (χ1n) is 7.29. The highest BCUT2D eigenvalue weighted by molar-refractivity contribution is 5.36. The molecule has 0 saturated carbocycles. The Kier molecular flexibility index (Phi) is 5.00. The van der Waals surface area contributed by atoms with Gasteiger partial charge in [-0.2, -0.15) is 0 Å². The molecule has 1 fully saturated rings. The zero-order valence-electron chi connectivity index (χ0n) is 11.7. The zero-order chi connectivity index (χ0) is 12.8. The summed E-state index contributed by atoms with van der Waals surface area (Å²) in [5, 5.41) is 3.32. The molecule has 0 aliphatic carbocycles. The number of aromatic nitrogens is 1. The number of nitrogens with zero attached hydrogens (tertiary/aromatic N) is 2. The van der Waals surface area contributed by atoms with Crippen molar-refractivity contribution in [3.05, 3.63) is 23.9 Å². The smallest absolute Gasteiger partial charge is 0.125 e. The van der Waals surface area contributed by atoms with Gasteiger partial charge in [0.2, 0.25) is 0 Å². The van der Waals surface area contributed by atoms with Gasteiger partial charge in [-0.15, -0.1) is 0 Å². The SMILES string of the molecule is CCCNc1ccc([C@H]2CCCCN2CC)cn1. The third-order valence-corrected chi connectivity index (χ3v) is 3.75. The van der Waals surface area contributed by atoms with E-state index in [9.17, 15) is 0 Å². The van der Waals surface area contributed by atoms with Crippen molar-refractivity contribution >= 4 is 5.82 Å². The summed E-state index contributed by atoms with van der Waals surface area (Å²) < 4.78 is 0. The van der Waals surface area contributed by atoms with Crippen molar-refractivity contribution in [2.45, 2.75) is 45.6 Å². The lowest BCUT2D eigenvalue weighted by molar-refractivity contribution is 0.157. The van der Waals surface area contributed by atoms with Gasteiger partial charge in [0.1, 0.15) is 5.82 Å². The van der Waals surface area contributed by atoms with E-state index in [-0.39, 0.29) is 0 Å². The molecule has 0 spiro atoms. The largest absolute Gasteiger partial charge is 0.370 e. The number of likely N-dealkylation sites (tertiary alicyclic amines) is 1. The first-order chi connectivity index (χ1) is 8.85. The summed E-state index contributed by atoms with van der Waals surface area (Å²) in [5.41, 5.74) is 1.37. The van der Waals surface area contributed by atoms with Crippen LogP contribution in [0, 0.1) is 0 Å². The molecule has 0 aromatic carbocycles. The van der Waals surface area contributed by atoms with Gasteiger partial charge in [0, 0.05) is 18.8 Å². The topological polar surface area (TPSA) is 28.2 Å². The number of rotatable bonds is 5. The first-order valence-corrected chi connectivity index (χ1v) is 7.29. The Hall–Kier alpha value is -1.09. The fourth-order valence-electron chi connectivity index (χ4n) is 2.71. The number of hydrogen-bond acceptors (Lipinski definition) is 3. The van der Waals surface area contributed by atoms with Gasteiger partial charge in [-0.05, 0) is 44.0 Å². The maximum absolute atomic E-state index is 4.52. The molecule has 3 heteroatoms. The second-order valence-corrected chi connectivity index (χ2v) is 5.04. The number of pyridine rings is 1. The maximum atomic E-state index is 4.52. The standard InChI is InChI=1S/C15H25N3/c1-3-10-16-15-9-8-13(12-17-15)14-7-5-6-11-18(14)4-2/h8-9,12,14H,3-7,10-11H2,1-2H3,(H,16,17)/t14-/m1/s1. The Morgan fingerprint density at radius 2 is 2.22 bits per heavy atom. The maximum Gasteiger partial charge on any atom is 0.125 e. The van der Waals surface area contributed by atoms with E-state index in [0.717, 1.165) is 25.3 Å². The molecule has 2 heterocycles. The molecule has 3 nitrogen and oxygen atoms in total.